The van der Waals surface area contributed by atoms with Gasteiger partial charge in [-0.2, -0.15) is 0 Å². The van der Waals surface area contributed by atoms with E-state index in [4.69, 9.17) is 11.6 Å². The lowest BCUT2D eigenvalue weighted by Gasteiger charge is -2.22. The predicted octanol–water partition coefficient (Wildman–Crippen LogP) is 3.82. The smallest absolute Gasteiger partial charge is 0.325 e. The molecule has 1 aliphatic rings. The SMILES string of the molecule is CCCn1c(C)cc(C(=O)CN2C(=O)NC(C)(c3ccc(Cl)cc3)C2=O)c1C. The van der Waals surface area contributed by atoms with Crippen LogP contribution in [-0.2, 0) is 16.9 Å². The molecule has 1 aliphatic heterocycles. The Bertz CT molecular complexity index is 949. The van der Waals surface area contributed by atoms with Crippen molar-refractivity contribution in [2.24, 2.45) is 0 Å². The van der Waals surface area contributed by atoms with E-state index in [1.165, 1.54) is 0 Å². The molecule has 0 radical (unpaired) electrons. The summed E-state index contributed by atoms with van der Waals surface area (Å²) in [5, 5.41) is 3.25. The summed E-state index contributed by atoms with van der Waals surface area (Å²) in [6.45, 7) is 8.08. The van der Waals surface area contributed by atoms with E-state index in [9.17, 15) is 14.4 Å². The van der Waals surface area contributed by atoms with Gasteiger partial charge in [-0.05, 0) is 51.0 Å². The molecule has 1 aromatic heterocycles. The Morgan fingerprint density at radius 1 is 1.18 bits per heavy atom. The molecule has 7 heteroatoms. The van der Waals surface area contributed by atoms with Crippen molar-refractivity contribution in [2.75, 3.05) is 6.54 Å². The van der Waals surface area contributed by atoms with E-state index in [0.717, 1.165) is 29.3 Å². The van der Waals surface area contributed by atoms with E-state index < -0.39 is 17.5 Å². The summed E-state index contributed by atoms with van der Waals surface area (Å²) in [6.07, 6.45) is 0.955. The van der Waals surface area contributed by atoms with Crippen LogP contribution in [0.15, 0.2) is 30.3 Å². The summed E-state index contributed by atoms with van der Waals surface area (Å²) in [7, 11) is 0. The molecule has 0 bridgehead atoms. The number of halogens is 1. The number of nitrogens with zero attached hydrogens (tertiary/aromatic N) is 2. The van der Waals surface area contributed by atoms with Gasteiger partial charge >= 0.3 is 6.03 Å². The molecule has 1 aromatic carbocycles. The van der Waals surface area contributed by atoms with Gasteiger partial charge in [0.15, 0.2) is 5.78 Å². The van der Waals surface area contributed by atoms with Gasteiger partial charge in [0.1, 0.15) is 5.54 Å². The number of ketones is 1. The fourth-order valence-corrected chi connectivity index (χ4v) is 3.83. The molecule has 3 rings (SSSR count). The first-order chi connectivity index (χ1) is 13.2. The predicted molar refractivity (Wildman–Crippen MR) is 108 cm³/mol. The largest absolute Gasteiger partial charge is 0.348 e. The number of urea groups is 1. The zero-order chi connectivity index (χ0) is 20.6. The standard InChI is InChI=1S/C21H24ClN3O3/c1-5-10-24-13(2)11-17(14(24)3)18(26)12-25-19(27)21(4,23-20(25)28)15-6-8-16(22)9-7-15/h6-9,11H,5,10,12H2,1-4H3,(H,23,28). The van der Waals surface area contributed by atoms with Gasteiger partial charge in [-0.25, -0.2) is 4.79 Å². The zero-order valence-corrected chi connectivity index (χ0v) is 17.3. The van der Waals surface area contributed by atoms with Crippen LogP contribution in [0.2, 0.25) is 5.02 Å². The molecule has 1 N–H and O–H groups in total. The molecule has 28 heavy (non-hydrogen) atoms. The fraction of sp³-hybridized carbons (Fsp3) is 0.381. The van der Waals surface area contributed by atoms with Crippen LogP contribution in [0.5, 0.6) is 0 Å². The maximum atomic E-state index is 13.0. The second-order valence-corrected chi connectivity index (χ2v) is 7.75. The summed E-state index contributed by atoms with van der Waals surface area (Å²) in [5.74, 6) is -0.699. The van der Waals surface area contributed by atoms with Crippen molar-refractivity contribution in [1.82, 2.24) is 14.8 Å². The summed E-state index contributed by atoms with van der Waals surface area (Å²) in [5.41, 5.74) is 1.79. The molecule has 6 nitrogen and oxygen atoms in total. The highest BCUT2D eigenvalue weighted by atomic mass is 35.5. The molecule has 148 valence electrons. The molecule has 1 saturated heterocycles. The lowest BCUT2D eigenvalue weighted by atomic mass is 9.92. The molecule has 1 fully saturated rings. The van der Waals surface area contributed by atoms with Gasteiger partial charge in [-0.15, -0.1) is 0 Å². The molecule has 2 heterocycles. The van der Waals surface area contributed by atoms with E-state index in [-0.39, 0.29) is 12.3 Å². The Labute approximate surface area is 169 Å². The number of hydrogen-bond acceptors (Lipinski definition) is 3. The number of Topliss-reactive ketones (excluding diaryl/α,β-unsaturated/α-hetero) is 1. The third kappa shape index (κ3) is 3.33. The van der Waals surface area contributed by atoms with Crippen molar-refractivity contribution in [3.05, 3.63) is 57.9 Å². The minimum absolute atomic E-state index is 0.251. The average molecular weight is 402 g/mol. The summed E-state index contributed by atoms with van der Waals surface area (Å²) in [4.78, 5) is 39.3. The number of rotatable bonds is 6. The van der Waals surface area contributed by atoms with Crippen LogP contribution >= 0.6 is 11.6 Å². The van der Waals surface area contributed by atoms with Gasteiger partial charge in [0.05, 0.1) is 6.54 Å². The molecule has 0 spiro atoms. The topological polar surface area (TPSA) is 71.4 Å². The molecule has 2 aromatic rings. The van der Waals surface area contributed by atoms with Gasteiger partial charge in [0, 0.05) is 28.5 Å². The fourth-order valence-electron chi connectivity index (χ4n) is 3.70. The number of imide groups is 1. The van der Waals surface area contributed by atoms with E-state index in [1.54, 1.807) is 31.2 Å². The van der Waals surface area contributed by atoms with Gasteiger partial charge in [0.2, 0.25) is 0 Å². The highest BCUT2D eigenvalue weighted by molar-refractivity contribution is 6.30. The molecule has 3 amide bonds. The Hall–Kier alpha value is -2.60. The lowest BCUT2D eigenvalue weighted by Crippen LogP contribution is -2.41. The van der Waals surface area contributed by atoms with Crippen molar-refractivity contribution in [3.63, 3.8) is 0 Å². The molecular formula is C21H24ClN3O3. The monoisotopic (exact) mass is 401 g/mol. The van der Waals surface area contributed by atoms with Crippen molar-refractivity contribution >= 4 is 29.3 Å². The summed E-state index contributed by atoms with van der Waals surface area (Å²) < 4.78 is 2.08. The molecule has 0 aliphatic carbocycles. The Balaban J connectivity index is 1.84. The number of aromatic nitrogens is 1. The number of carbonyl (C=O) groups is 3. The van der Waals surface area contributed by atoms with E-state index >= 15 is 0 Å². The maximum absolute atomic E-state index is 13.0. The van der Waals surface area contributed by atoms with Crippen LogP contribution in [0.25, 0.3) is 0 Å². The quantitative estimate of drug-likeness (QED) is 0.590. The average Bonchev–Trinajstić information content (AvgIpc) is 3.05. The van der Waals surface area contributed by atoms with Gasteiger partial charge in [-0.1, -0.05) is 30.7 Å². The molecule has 1 atom stereocenters. The number of benzene rings is 1. The van der Waals surface area contributed by atoms with E-state index in [2.05, 4.69) is 16.8 Å². The second-order valence-electron chi connectivity index (χ2n) is 7.31. The van der Waals surface area contributed by atoms with Crippen LogP contribution in [0, 0.1) is 13.8 Å². The molecule has 0 saturated carbocycles. The first-order valence-electron chi connectivity index (χ1n) is 9.29. The number of nitrogens with one attached hydrogen (secondary N) is 1. The minimum atomic E-state index is -1.22. The van der Waals surface area contributed by atoms with Crippen molar-refractivity contribution < 1.29 is 14.4 Å². The first-order valence-corrected chi connectivity index (χ1v) is 9.67. The Morgan fingerprint density at radius 3 is 2.43 bits per heavy atom. The van der Waals surface area contributed by atoms with Crippen molar-refractivity contribution in [1.29, 1.82) is 0 Å². The van der Waals surface area contributed by atoms with Gasteiger partial charge < -0.3 is 9.88 Å². The highest BCUT2D eigenvalue weighted by Gasteiger charge is 2.49. The van der Waals surface area contributed by atoms with Crippen LogP contribution in [0.3, 0.4) is 0 Å². The lowest BCUT2D eigenvalue weighted by molar-refractivity contribution is -0.130. The van der Waals surface area contributed by atoms with E-state index in [1.807, 2.05) is 19.9 Å². The third-order valence-electron chi connectivity index (χ3n) is 5.32. The van der Waals surface area contributed by atoms with Crippen molar-refractivity contribution in [2.45, 2.75) is 46.2 Å². The Kier molecular flexibility index (Phi) is 5.35. The van der Waals surface area contributed by atoms with E-state index in [0.29, 0.717) is 16.1 Å². The van der Waals surface area contributed by atoms with Crippen LogP contribution in [0.4, 0.5) is 4.79 Å². The third-order valence-corrected chi connectivity index (χ3v) is 5.57. The van der Waals surface area contributed by atoms with Crippen LogP contribution < -0.4 is 5.32 Å². The zero-order valence-electron chi connectivity index (χ0n) is 16.5. The van der Waals surface area contributed by atoms with Gasteiger partial charge in [-0.3, -0.25) is 14.5 Å². The minimum Gasteiger partial charge on any atom is -0.348 e. The first kappa shape index (κ1) is 20.1. The maximum Gasteiger partial charge on any atom is 0.325 e. The van der Waals surface area contributed by atoms with Crippen molar-refractivity contribution in [3.8, 4) is 0 Å². The summed E-state index contributed by atoms with van der Waals surface area (Å²) >= 11 is 5.92. The summed E-state index contributed by atoms with van der Waals surface area (Å²) in [6, 6.07) is 7.98. The number of amides is 3. The second kappa shape index (κ2) is 7.43. The van der Waals surface area contributed by atoms with Crippen LogP contribution in [0.1, 0.15) is 47.6 Å². The number of aryl methyl sites for hydroxylation is 1. The number of hydrogen-bond donors (Lipinski definition) is 1. The normalized spacial score (nSPS) is 19.2. The van der Waals surface area contributed by atoms with Gasteiger partial charge in [0.25, 0.3) is 5.91 Å². The highest BCUT2D eigenvalue weighted by Crippen LogP contribution is 2.30. The Morgan fingerprint density at radius 2 is 1.82 bits per heavy atom. The number of carbonyl (C=O) groups excluding carboxylic acids is 3. The molecular weight excluding hydrogens is 378 g/mol. The van der Waals surface area contributed by atoms with Crippen LogP contribution in [-0.4, -0.2) is 33.7 Å². The molecule has 1 unspecified atom stereocenters.